The van der Waals surface area contributed by atoms with Gasteiger partial charge >= 0.3 is 0 Å². The Hall–Kier alpha value is -3.74. The van der Waals surface area contributed by atoms with Gasteiger partial charge in [0, 0.05) is 42.2 Å². The molecule has 190 valence electrons. The van der Waals surface area contributed by atoms with E-state index in [0.29, 0.717) is 35.1 Å². The summed E-state index contributed by atoms with van der Waals surface area (Å²) in [7, 11) is 0. The molecule has 1 aliphatic heterocycles. The molecule has 1 saturated heterocycles. The van der Waals surface area contributed by atoms with E-state index in [2.05, 4.69) is 4.98 Å². The van der Waals surface area contributed by atoms with Gasteiger partial charge in [0.1, 0.15) is 17.2 Å². The fraction of sp³-hybridized carbons (Fsp3) is 0.367. The molecule has 1 saturated carbocycles. The maximum Gasteiger partial charge on any atom is 0.256 e. The molecule has 0 bridgehead atoms. The zero-order valence-electron chi connectivity index (χ0n) is 21.2. The van der Waals surface area contributed by atoms with Crippen LogP contribution in [0.4, 0.5) is 4.39 Å². The fourth-order valence-electron chi connectivity index (χ4n) is 5.36. The number of benzene rings is 2. The van der Waals surface area contributed by atoms with Gasteiger partial charge in [-0.3, -0.25) is 14.2 Å². The summed E-state index contributed by atoms with van der Waals surface area (Å²) < 4.78 is 22.6. The Labute approximate surface area is 214 Å². The number of hydrogen-bond acceptors (Lipinski definition) is 4. The largest absolute Gasteiger partial charge is 0.464 e. The molecule has 0 unspecified atom stereocenters. The highest BCUT2D eigenvalue weighted by Crippen LogP contribution is 2.34. The van der Waals surface area contributed by atoms with Crippen LogP contribution in [-0.4, -0.2) is 33.4 Å². The third-order valence-corrected chi connectivity index (χ3v) is 7.92. The highest BCUT2D eigenvalue weighted by Gasteiger charge is 2.36. The van der Waals surface area contributed by atoms with Crippen molar-refractivity contribution >= 4 is 16.9 Å². The van der Waals surface area contributed by atoms with E-state index in [1.165, 1.54) is 6.07 Å². The second kappa shape index (κ2) is 9.29. The van der Waals surface area contributed by atoms with Gasteiger partial charge in [-0.05, 0) is 86.9 Å². The zero-order valence-corrected chi connectivity index (χ0v) is 21.2. The number of rotatable bonds is 6. The van der Waals surface area contributed by atoms with Crippen molar-refractivity contribution in [3.05, 3.63) is 76.2 Å². The maximum absolute atomic E-state index is 15.6. The number of aryl methyl sites for hydroxylation is 1. The Morgan fingerprint density at radius 2 is 1.86 bits per heavy atom. The molecule has 0 N–H and O–H groups in total. The lowest BCUT2D eigenvalue weighted by molar-refractivity contribution is -0.131. The van der Waals surface area contributed by atoms with Crippen LogP contribution >= 0.6 is 0 Å². The molecule has 6 rings (SSSR count). The van der Waals surface area contributed by atoms with Crippen LogP contribution in [0.3, 0.4) is 0 Å². The van der Waals surface area contributed by atoms with Crippen molar-refractivity contribution in [3.63, 3.8) is 0 Å². The van der Waals surface area contributed by atoms with Crippen LogP contribution in [0.5, 0.6) is 0 Å². The summed E-state index contributed by atoms with van der Waals surface area (Å²) in [6.45, 7) is 5.52. The summed E-state index contributed by atoms with van der Waals surface area (Å²) in [5.41, 5.74) is 3.76. The number of hydrogen-bond donors (Lipinski definition) is 0. The first-order valence-corrected chi connectivity index (χ1v) is 13.0. The third-order valence-electron chi connectivity index (χ3n) is 7.92. The van der Waals surface area contributed by atoms with Crippen LogP contribution in [0.1, 0.15) is 36.9 Å². The summed E-state index contributed by atoms with van der Waals surface area (Å²) >= 11 is 0. The number of halogens is 1. The Balaban J connectivity index is 1.28. The minimum absolute atomic E-state index is 0.139. The summed E-state index contributed by atoms with van der Waals surface area (Å²) in [5, 5.41) is 0.955. The minimum Gasteiger partial charge on any atom is -0.464 e. The standard InChI is InChI=1S/C30H30FN3O3/c1-18-19(2)32-28(34(29(18)35)13-10-20-9-12-33(17-20)30(36)21-3-4-21)25-7-5-23(16-26(25)31)22-6-8-27-24(15-22)11-14-37-27/h5-8,11,14-16,20-21H,3-4,9-10,12-13,17H2,1-2H3/t20-/m0/s1. The first kappa shape index (κ1) is 23.6. The van der Waals surface area contributed by atoms with Gasteiger partial charge in [0.15, 0.2) is 0 Å². The molecule has 2 fully saturated rings. The lowest BCUT2D eigenvalue weighted by Crippen LogP contribution is -2.30. The number of furan rings is 1. The van der Waals surface area contributed by atoms with Crippen LogP contribution in [0.25, 0.3) is 33.5 Å². The van der Waals surface area contributed by atoms with Gasteiger partial charge in [-0.15, -0.1) is 0 Å². The monoisotopic (exact) mass is 499 g/mol. The fourth-order valence-corrected chi connectivity index (χ4v) is 5.36. The average Bonchev–Trinajstić information content (AvgIpc) is 3.45. The van der Waals surface area contributed by atoms with Crippen molar-refractivity contribution in [1.82, 2.24) is 14.5 Å². The molecule has 3 heterocycles. The first-order valence-electron chi connectivity index (χ1n) is 13.0. The number of carbonyl (C=O) groups excluding carboxylic acids is 1. The number of amides is 1. The summed E-state index contributed by atoms with van der Waals surface area (Å²) in [6.07, 6.45) is 5.34. The van der Waals surface area contributed by atoms with Crippen LogP contribution < -0.4 is 5.56 Å². The van der Waals surface area contributed by atoms with Crippen molar-refractivity contribution in [2.24, 2.45) is 11.8 Å². The van der Waals surface area contributed by atoms with E-state index in [0.717, 1.165) is 60.9 Å². The van der Waals surface area contributed by atoms with Crippen LogP contribution in [-0.2, 0) is 11.3 Å². The molecule has 7 heteroatoms. The van der Waals surface area contributed by atoms with Gasteiger partial charge in [-0.25, -0.2) is 9.37 Å². The highest BCUT2D eigenvalue weighted by atomic mass is 19.1. The van der Waals surface area contributed by atoms with E-state index in [4.69, 9.17) is 4.42 Å². The predicted octanol–water partition coefficient (Wildman–Crippen LogP) is 5.73. The second-order valence-corrected chi connectivity index (χ2v) is 10.5. The van der Waals surface area contributed by atoms with Crippen molar-refractivity contribution < 1.29 is 13.6 Å². The molecule has 1 aliphatic carbocycles. The molecular formula is C30H30FN3O3. The van der Waals surface area contributed by atoms with Gasteiger partial charge in [0.25, 0.3) is 5.56 Å². The lowest BCUT2D eigenvalue weighted by atomic mass is 10.0. The van der Waals surface area contributed by atoms with E-state index in [1.54, 1.807) is 30.7 Å². The van der Waals surface area contributed by atoms with E-state index < -0.39 is 5.82 Å². The molecule has 2 aliphatic rings. The maximum atomic E-state index is 15.6. The predicted molar refractivity (Wildman–Crippen MR) is 141 cm³/mol. The average molecular weight is 500 g/mol. The number of fused-ring (bicyclic) bond motifs is 1. The number of nitrogens with zero attached hydrogens (tertiary/aromatic N) is 3. The Morgan fingerprint density at radius 1 is 1.08 bits per heavy atom. The molecule has 6 nitrogen and oxygen atoms in total. The van der Waals surface area contributed by atoms with Gasteiger partial charge in [0.05, 0.1) is 11.8 Å². The van der Waals surface area contributed by atoms with Crippen LogP contribution in [0.2, 0.25) is 0 Å². The quantitative estimate of drug-likeness (QED) is 0.340. The van der Waals surface area contributed by atoms with Crippen LogP contribution in [0.15, 0.2) is 57.9 Å². The van der Waals surface area contributed by atoms with E-state index in [9.17, 15) is 9.59 Å². The van der Waals surface area contributed by atoms with Gasteiger partial charge in [0.2, 0.25) is 5.91 Å². The van der Waals surface area contributed by atoms with E-state index >= 15 is 4.39 Å². The molecule has 4 aromatic rings. The van der Waals surface area contributed by atoms with Gasteiger partial charge in [-0.1, -0.05) is 12.1 Å². The smallest absolute Gasteiger partial charge is 0.256 e. The van der Waals surface area contributed by atoms with Crippen LogP contribution in [0, 0.1) is 31.5 Å². The molecular weight excluding hydrogens is 469 g/mol. The normalized spacial score (nSPS) is 17.6. The SMILES string of the molecule is Cc1nc(-c2ccc(-c3ccc4occc4c3)cc2F)n(CC[C@@H]2CCN(C(=O)C3CC3)C2)c(=O)c1C. The summed E-state index contributed by atoms with van der Waals surface area (Å²) in [5.74, 6) is 0.767. The van der Waals surface area contributed by atoms with Crippen molar-refractivity contribution in [1.29, 1.82) is 0 Å². The van der Waals surface area contributed by atoms with Crippen molar-refractivity contribution in [3.8, 4) is 22.5 Å². The van der Waals surface area contributed by atoms with Gasteiger partial charge in [-0.2, -0.15) is 0 Å². The lowest BCUT2D eigenvalue weighted by Gasteiger charge is -2.18. The molecule has 0 radical (unpaired) electrons. The van der Waals surface area contributed by atoms with Crippen molar-refractivity contribution in [2.45, 2.75) is 46.1 Å². The molecule has 37 heavy (non-hydrogen) atoms. The van der Waals surface area contributed by atoms with Crippen molar-refractivity contribution in [2.75, 3.05) is 13.1 Å². The minimum atomic E-state index is -0.421. The summed E-state index contributed by atoms with van der Waals surface area (Å²) in [6, 6.07) is 12.7. The number of aromatic nitrogens is 2. The Bertz CT molecular complexity index is 1570. The molecule has 1 amide bonds. The molecule has 2 aromatic heterocycles. The highest BCUT2D eigenvalue weighted by molar-refractivity contribution is 5.84. The van der Waals surface area contributed by atoms with E-state index in [1.807, 2.05) is 35.2 Å². The number of likely N-dealkylation sites (tertiary alicyclic amines) is 1. The first-order chi connectivity index (χ1) is 17.9. The summed E-state index contributed by atoms with van der Waals surface area (Å²) in [4.78, 5) is 32.4. The third kappa shape index (κ3) is 4.47. The second-order valence-electron chi connectivity index (χ2n) is 10.5. The van der Waals surface area contributed by atoms with E-state index in [-0.39, 0.29) is 17.4 Å². The molecule has 0 spiro atoms. The molecule has 2 aromatic carbocycles. The molecule has 1 atom stereocenters. The van der Waals surface area contributed by atoms with Gasteiger partial charge < -0.3 is 9.32 Å². The Morgan fingerprint density at radius 3 is 2.65 bits per heavy atom. The number of carbonyl (C=O) groups is 1. The Kier molecular flexibility index (Phi) is 5.94. The zero-order chi connectivity index (χ0) is 25.7. The topological polar surface area (TPSA) is 68.3 Å².